The quantitative estimate of drug-likeness (QED) is 0.574. The van der Waals surface area contributed by atoms with Crippen molar-refractivity contribution in [1.29, 1.82) is 0 Å². The van der Waals surface area contributed by atoms with Crippen LogP contribution in [0.4, 0.5) is 0 Å². The Hall–Kier alpha value is -3.41. The minimum absolute atomic E-state index is 0.173. The predicted octanol–water partition coefficient (Wildman–Crippen LogP) is 2.63. The molecule has 0 saturated carbocycles. The highest BCUT2D eigenvalue weighted by molar-refractivity contribution is 5.87. The maximum Gasteiger partial charge on any atom is 0.277 e. The Balaban J connectivity index is 1.60. The molecule has 0 unspecified atom stereocenters. The first kappa shape index (κ1) is 16.4. The van der Waals surface area contributed by atoms with Gasteiger partial charge in [0.05, 0.1) is 17.2 Å². The van der Waals surface area contributed by atoms with Crippen molar-refractivity contribution in [2.24, 2.45) is 5.10 Å². The van der Waals surface area contributed by atoms with Crippen LogP contribution in [0.25, 0.3) is 11.0 Å². The molecule has 1 N–H and O–H groups in total. The molecule has 0 radical (unpaired) electrons. The monoisotopic (exact) mass is 336 g/mol. The van der Waals surface area contributed by atoms with Gasteiger partial charge >= 0.3 is 0 Å². The van der Waals surface area contributed by atoms with Gasteiger partial charge in [0.1, 0.15) is 17.6 Å². The highest BCUT2D eigenvalue weighted by Gasteiger charge is 2.05. The van der Waals surface area contributed by atoms with E-state index in [0.717, 1.165) is 5.56 Å². The summed E-state index contributed by atoms with van der Waals surface area (Å²) in [4.78, 5) is 24.0. The van der Waals surface area contributed by atoms with Gasteiger partial charge in [0.2, 0.25) is 5.43 Å². The molecule has 6 heteroatoms. The molecule has 0 spiro atoms. The van der Waals surface area contributed by atoms with Crippen LogP contribution in [-0.4, -0.2) is 18.7 Å². The summed E-state index contributed by atoms with van der Waals surface area (Å²) in [6.07, 6.45) is 2.56. The Morgan fingerprint density at radius 2 is 2.08 bits per heavy atom. The first-order valence-electron chi connectivity index (χ1n) is 7.65. The molecule has 0 fully saturated rings. The fraction of sp³-hybridized carbons (Fsp3) is 0.105. The number of ether oxygens (including phenoxy) is 1. The molecule has 0 aliphatic carbocycles. The summed E-state index contributed by atoms with van der Waals surface area (Å²) in [5, 5.41) is 4.23. The number of amides is 1. The summed E-state index contributed by atoms with van der Waals surface area (Å²) in [6.45, 7) is 1.76. The molecule has 1 aromatic heterocycles. The number of para-hydroxylation sites is 1. The van der Waals surface area contributed by atoms with Crippen LogP contribution in [0.5, 0.6) is 5.75 Å². The molecule has 126 valence electrons. The zero-order chi connectivity index (χ0) is 17.6. The van der Waals surface area contributed by atoms with Gasteiger partial charge in [0.25, 0.3) is 5.91 Å². The van der Waals surface area contributed by atoms with Crippen LogP contribution in [0, 0.1) is 6.92 Å². The lowest BCUT2D eigenvalue weighted by molar-refractivity contribution is -0.123. The number of hydrogen-bond acceptors (Lipinski definition) is 5. The molecular weight excluding hydrogens is 320 g/mol. The summed E-state index contributed by atoms with van der Waals surface area (Å²) in [6, 6.07) is 14.3. The molecule has 0 aliphatic rings. The third-order valence-corrected chi connectivity index (χ3v) is 3.46. The van der Waals surface area contributed by atoms with Gasteiger partial charge in [-0.1, -0.05) is 24.3 Å². The number of carbonyl (C=O) groups excluding carboxylic acids is 1. The van der Waals surface area contributed by atoms with E-state index in [4.69, 9.17) is 9.15 Å². The van der Waals surface area contributed by atoms with E-state index in [0.29, 0.717) is 16.7 Å². The number of hydrogen-bond donors (Lipinski definition) is 1. The van der Waals surface area contributed by atoms with Crippen molar-refractivity contribution in [2.45, 2.75) is 6.92 Å². The van der Waals surface area contributed by atoms with Crippen molar-refractivity contribution < 1.29 is 13.9 Å². The van der Waals surface area contributed by atoms with E-state index in [1.54, 1.807) is 30.3 Å². The predicted molar refractivity (Wildman–Crippen MR) is 94.9 cm³/mol. The maximum atomic E-state index is 12.3. The Morgan fingerprint density at radius 1 is 1.24 bits per heavy atom. The third kappa shape index (κ3) is 4.11. The molecule has 3 aromatic rings. The number of hydrazone groups is 1. The van der Waals surface area contributed by atoms with Crippen molar-refractivity contribution in [1.82, 2.24) is 5.43 Å². The minimum Gasteiger partial charge on any atom is -0.484 e. The summed E-state index contributed by atoms with van der Waals surface area (Å²) in [7, 11) is 0. The van der Waals surface area contributed by atoms with Gasteiger partial charge in [-0.2, -0.15) is 5.10 Å². The minimum atomic E-state index is -0.428. The number of nitrogens with one attached hydrogen (secondary N) is 1. The normalized spacial score (nSPS) is 10.9. The molecule has 1 heterocycles. The van der Waals surface area contributed by atoms with Crippen molar-refractivity contribution in [3.05, 3.63) is 76.1 Å². The van der Waals surface area contributed by atoms with Crippen LogP contribution in [0.15, 0.2) is 69.1 Å². The maximum absolute atomic E-state index is 12.3. The van der Waals surface area contributed by atoms with Crippen molar-refractivity contribution in [3.8, 4) is 5.75 Å². The lowest BCUT2D eigenvalue weighted by atomic mass is 10.2. The van der Waals surface area contributed by atoms with Crippen LogP contribution in [0.2, 0.25) is 0 Å². The van der Waals surface area contributed by atoms with Crippen LogP contribution in [-0.2, 0) is 4.79 Å². The molecule has 0 bridgehead atoms. The molecule has 0 saturated heterocycles. The molecule has 25 heavy (non-hydrogen) atoms. The lowest BCUT2D eigenvalue weighted by Gasteiger charge is -2.05. The Bertz CT molecular complexity index is 992. The number of rotatable bonds is 5. The molecular formula is C19H16N2O4. The molecule has 6 nitrogen and oxygen atoms in total. The Labute approximate surface area is 143 Å². The summed E-state index contributed by atoms with van der Waals surface area (Å²) in [5.41, 5.74) is 3.89. The van der Waals surface area contributed by atoms with Crippen LogP contribution >= 0.6 is 0 Å². The highest BCUT2D eigenvalue weighted by Crippen LogP contribution is 2.12. The highest BCUT2D eigenvalue weighted by atomic mass is 16.5. The molecule has 1 amide bonds. The van der Waals surface area contributed by atoms with Crippen LogP contribution in [0.3, 0.4) is 0 Å². The van der Waals surface area contributed by atoms with E-state index < -0.39 is 5.91 Å². The largest absolute Gasteiger partial charge is 0.484 e. The van der Waals surface area contributed by atoms with Gasteiger partial charge in [-0.05, 0) is 36.8 Å². The number of aryl methyl sites for hydroxylation is 1. The lowest BCUT2D eigenvalue weighted by Crippen LogP contribution is -2.25. The van der Waals surface area contributed by atoms with Gasteiger partial charge in [0.15, 0.2) is 6.61 Å². The van der Waals surface area contributed by atoms with Gasteiger partial charge in [-0.25, -0.2) is 5.43 Å². The fourth-order valence-corrected chi connectivity index (χ4v) is 2.24. The average Bonchev–Trinajstić information content (AvgIpc) is 2.62. The second-order valence-corrected chi connectivity index (χ2v) is 5.41. The summed E-state index contributed by atoms with van der Waals surface area (Å²) < 4.78 is 10.7. The fourth-order valence-electron chi connectivity index (χ4n) is 2.24. The van der Waals surface area contributed by atoms with Gasteiger partial charge in [-0.3, -0.25) is 9.59 Å². The number of fused-ring (bicyclic) bond motifs is 1. The first-order chi connectivity index (χ1) is 12.1. The Kier molecular flexibility index (Phi) is 4.89. The van der Waals surface area contributed by atoms with Crippen molar-refractivity contribution >= 4 is 23.1 Å². The summed E-state index contributed by atoms with van der Waals surface area (Å²) >= 11 is 0. The number of carbonyl (C=O) groups is 1. The second-order valence-electron chi connectivity index (χ2n) is 5.41. The second kappa shape index (κ2) is 7.44. The van der Waals surface area contributed by atoms with E-state index in [2.05, 4.69) is 10.5 Å². The topological polar surface area (TPSA) is 80.9 Å². The Morgan fingerprint density at radius 3 is 2.92 bits per heavy atom. The van der Waals surface area contributed by atoms with Crippen molar-refractivity contribution in [3.63, 3.8) is 0 Å². The number of benzene rings is 2. The SMILES string of the molecule is Cc1cccc(OCC(=O)N/N=C/c2coc3ccccc3c2=O)c1. The smallest absolute Gasteiger partial charge is 0.277 e. The number of nitrogens with zero attached hydrogens (tertiary/aromatic N) is 1. The first-order valence-corrected chi connectivity index (χ1v) is 7.65. The molecule has 3 rings (SSSR count). The average molecular weight is 336 g/mol. The zero-order valence-corrected chi connectivity index (χ0v) is 13.6. The zero-order valence-electron chi connectivity index (χ0n) is 13.6. The van der Waals surface area contributed by atoms with Crippen molar-refractivity contribution in [2.75, 3.05) is 6.61 Å². The van der Waals surface area contributed by atoms with Gasteiger partial charge in [-0.15, -0.1) is 0 Å². The molecule has 0 atom stereocenters. The van der Waals surface area contributed by atoms with E-state index in [-0.39, 0.29) is 17.6 Å². The molecule has 2 aromatic carbocycles. The van der Waals surface area contributed by atoms with E-state index in [1.165, 1.54) is 12.5 Å². The van der Waals surface area contributed by atoms with E-state index >= 15 is 0 Å². The molecule has 0 aliphatic heterocycles. The van der Waals surface area contributed by atoms with Gasteiger partial charge in [0, 0.05) is 0 Å². The van der Waals surface area contributed by atoms with Gasteiger partial charge < -0.3 is 9.15 Å². The van der Waals surface area contributed by atoms with Crippen LogP contribution < -0.4 is 15.6 Å². The van der Waals surface area contributed by atoms with E-state index in [1.807, 2.05) is 25.1 Å². The standard InChI is InChI=1S/C19H16N2O4/c1-13-5-4-6-15(9-13)24-12-18(22)21-20-10-14-11-25-17-8-3-2-7-16(17)19(14)23/h2-11H,12H2,1H3,(H,21,22)/b20-10+. The summed E-state index contributed by atoms with van der Waals surface area (Å²) in [5.74, 6) is 0.178. The third-order valence-electron chi connectivity index (χ3n) is 3.46. The van der Waals surface area contributed by atoms with E-state index in [9.17, 15) is 9.59 Å². The van der Waals surface area contributed by atoms with Crippen LogP contribution in [0.1, 0.15) is 11.1 Å².